The Morgan fingerprint density at radius 3 is 1.42 bits per heavy atom. The predicted molar refractivity (Wildman–Crippen MR) is 217 cm³/mol. The number of piperidine rings is 2. The molecule has 278 valence electrons. The van der Waals surface area contributed by atoms with E-state index in [0.717, 1.165) is 120 Å². The van der Waals surface area contributed by atoms with Gasteiger partial charge in [-0.2, -0.15) is 9.98 Å². The number of rotatable bonds is 10. The van der Waals surface area contributed by atoms with Gasteiger partial charge in [0.15, 0.2) is 0 Å². The van der Waals surface area contributed by atoms with Crippen LogP contribution in [0.2, 0.25) is 0 Å². The van der Waals surface area contributed by atoms with E-state index < -0.39 is 0 Å². The molecule has 0 aliphatic carbocycles. The maximum absolute atomic E-state index is 13.5. The second-order valence-corrected chi connectivity index (χ2v) is 15.3. The summed E-state index contributed by atoms with van der Waals surface area (Å²) in [6, 6.07) is 22.6. The van der Waals surface area contributed by atoms with Gasteiger partial charge in [-0.3, -0.25) is 24.4 Å². The Kier molecular flexibility index (Phi) is 14.6. The quantitative estimate of drug-likeness (QED) is 0.159. The minimum absolute atomic E-state index is 0.217. The molecule has 2 amide bonds. The molecule has 9 nitrogen and oxygen atoms in total. The molecule has 2 aromatic carbocycles. The van der Waals surface area contributed by atoms with Crippen molar-refractivity contribution in [1.29, 1.82) is 0 Å². The molecule has 3 aliphatic heterocycles. The van der Waals surface area contributed by atoms with Crippen molar-refractivity contribution in [2.45, 2.75) is 70.9 Å². The van der Waals surface area contributed by atoms with Gasteiger partial charge in [0.1, 0.15) is 0 Å². The third kappa shape index (κ3) is 12.0. The molecule has 0 saturated carbocycles. The van der Waals surface area contributed by atoms with E-state index in [4.69, 9.17) is 29.4 Å². The molecular weight excluding hydrogens is 699 g/mol. The van der Waals surface area contributed by atoms with Crippen molar-refractivity contribution in [1.82, 2.24) is 24.6 Å². The van der Waals surface area contributed by atoms with E-state index in [-0.39, 0.29) is 11.8 Å². The second-order valence-electron chi connectivity index (χ2n) is 14.9. The van der Waals surface area contributed by atoms with E-state index in [1.165, 1.54) is 11.1 Å². The largest absolute Gasteiger partial charge is 0.342 e. The number of aliphatic imine (C=N–C) groups is 2. The number of hydrogen-bond donors (Lipinski definition) is 0. The summed E-state index contributed by atoms with van der Waals surface area (Å²) in [4.78, 5) is 48.8. The lowest BCUT2D eigenvalue weighted by molar-refractivity contribution is -0.134. The topological polar surface area (TPSA) is 84.7 Å². The molecule has 4 heterocycles. The predicted octanol–water partition coefficient (Wildman–Crippen LogP) is 7.30. The van der Waals surface area contributed by atoms with Crippen LogP contribution >= 0.6 is 24.4 Å². The Morgan fingerprint density at radius 1 is 0.604 bits per heavy atom. The number of carbonyl (C=O) groups is 2. The van der Waals surface area contributed by atoms with E-state index in [9.17, 15) is 9.59 Å². The van der Waals surface area contributed by atoms with Crippen molar-refractivity contribution < 1.29 is 9.59 Å². The standard InChI is InChI=1S/C42H51N7O2S2/c50-41(48-21-15-35(16-22-48)25-33-7-11-37(12-8-33)43-31-52)29-46-19-2-1-3-20-47(28-40-6-4-5-39(27-46)45-40)30-42(51)49-23-17-36(18-24-49)26-34-9-13-38(14-10-34)44-32-53/h4-14,35-36H,1-3,15-30H2. The lowest BCUT2D eigenvalue weighted by atomic mass is 9.90. The summed E-state index contributed by atoms with van der Waals surface area (Å²) in [7, 11) is 0. The number of pyridine rings is 1. The van der Waals surface area contributed by atoms with Crippen molar-refractivity contribution in [2.75, 3.05) is 52.4 Å². The Balaban J connectivity index is 0.960. The van der Waals surface area contributed by atoms with Crippen LogP contribution in [0.3, 0.4) is 0 Å². The summed E-state index contributed by atoms with van der Waals surface area (Å²) in [5, 5.41) is 4.84. The average molecular weight is 750 g/mol. The van der Waals surface area contributed by atoms with Gasteiger partial charge in [0.05, 0.1) is 46.2 Å². The van der Waals surface area contributed by atoms with Crippen molar-refractivity contribution >= 4 is 57.9 Å². The van der Waals surface area contributed by atoms with Gasteiger partial charge in [0.2, 0.25) is 11.8 Å². The first-order chi connectivity index (χ1) is 25.9. The summed E-state index contributed by atoms with van der Waals surface area (Å²) in [6.07, 6.45) is 9.22. The highest BCUT2D eigenvalue weighted by Gasteiger charge is 2.26. The molecular formula is C42H51N7O2S2. The minimum Gasteiger partial charge on any atom is -0.342 e. The second kappa shape index (κ2) is 19.9. The maximum Gasteiger partial charge on any atom is 0.236 e. The third-order valence-corrected chi connectivity index (χ3v) is 11.2. The summed E-state index contributed by atoms with van der Waals surface area (Å²) in [5.74, 6) is 1.59. The van der Waals surface area contributed by atoms with E-state index in [2.05, 4.69) is 82.4 Å². The molecule has 0 unspecified atom stereocenters. The Hall–Kier alpha value is -3.95. The van der Waals surface area contributed by atoms with Crippen molar-refractivity contribution in [3.63, 3.8) is 0 Å². The minimum atomic E-state index is 0.217. The summed E-state index contributed by atoms with van der Waals surface area (Å²) >= 11 is 9.42. The van der Waals surface area contributed by atoms with Crippen LogP contribution in [0.25, 0.3) is 0 Å². The zero-order chi connectivity index (χ0) is 36.8. The van der Waals surface area contributed by atoms with Gasteiger partial charge in [-0.25, -0.2) is 0 Å². The molecule has 0 radical (unpaired) electrons. The smallest absolute Gasteiger partial charge is 0.236 e. The van der Waals surface area contributed by atoms with E-state index in [1.54, 1.807) is 0 Å². The highest BCUT2D eigenvalue weighted by atomic mass is 32.1. The number of thiocarbonyl (C=S) groups is 2. The molecule has 53 heavy (non-hydrogen) atoms. The fourth-order valence-corrected chi connectivity index (χ4v) is 8.19. The van der Waals surface area contributed by atoms with Crippen LogP contribution in [0.1, 0.15) is 67.5 Å². The third-order valence-electron chi connectivity index (χ3n) is 11.0. The number of likely N-dealkylation sites (tertiary alicyclic amines) is 2. The van der Waals surface area contributed by atoms with Crippen LogP contribution in [-0.4, -0.2) is 99.1 Å². The monoisotopic (exact) mass is 749 g/mol. The molecule has 0 N–H and O–H groups in total. The van der Waals surface area contributed by atoms with Gasteiger partial charge in [0, 0.05) is 39.3 Å². The number of fused-ring (bicyclic) bond motifs is 2. The maximum atomic E-state index is 13.5. The van der Waals surface area contributed by atoms with E-state index in [1.807, 2.05) is 24.3 Å². The summed E-state index contributed by atoms with van der Waals surface area (Å²) < 4.78 is 0. The van der Waals surface area contributed by atoms with Gasteiger partial charge in [-0.15, -0.1) is 0 Å². The number of nitrogens with zero attached hydrogens (tertiary/aromatic N) is 7. The summed E-state index contributed by atoms with van der Waals surface area (Å²) in [6.45, 7) is 7.10. The van der Waals surface area contributed by atoms with Crippen LogP contribution < -0.4 is 0 Å². The first kappa shape index (κ1) is 38.8. The molecule has 1 aromatic heterocycles. The molecule has 2 fully saturated rings. The van der Waals surface area contributed by atoms with Crippen LogP contribution in [0.15, 0.2) is 76.7 Å². The van der Waals surface area contributed by atoms with Crippen molar-refractivity contribution in [3.8, 4) is 0 Å². The number of amides is 2. The van der Waals surface area contributed by atoms with Gasteiger partial charge >= 0.3 is 0 Å². The number of benzene rings is 2. The molecule has 11 heteroatoms. The molecule has 2 saturated heterocycles. The highest BCUT2D eigenvalue weighted by Crippen LogP contribution is 2.25. The SMILES string of the molecule is O=C(CN1CCCCCN(CC(=O)N2CCC(Cc3ccc(N=C=S)cc3)CC2)Cc2cccc(n2)C1)N1CCC(Cc2ccc(N=C=S)cc2)CC1. The van der Waals surface area contributed by atoms with Gasteiger partial charge in [-0.05, 0) is 148 Å². The summed E-state index contributed by atoms with van der Waals surface area (Å²) in [5.41, 5.74) is 6.22. The van der Waals surface area contributed by atoms with Gasteiger partial charge in [0.25, 0.3) is 0 Å². The number of aromatic nitrogens is 1. The van der Waals surface area contributed by atoms with Crippen LogP contribution in [0.4, 0.5) is 11.4 Å². The normalized spacial score (nSPS) is 18.3. The zero-order valence-corrected chi connectivity index (χ0v) is 32.3. The first-order valence-corrected chi connectivity index (χ1v) is 20.0. The molecule has 3 aromatic rings. The number of hydrogen-bond acceptors (Lipinski definition) is 9. The van der Waals surface area contributed by atoms with E-state index in [0.29, 0.717) is 38.0 Å². The lowest BCUT2D eigenvalue weighted by Gasteiger charge is -2.34. The highest BCUT2D eigenvalue weighted by molar-refractivity contribution is 7.78. The molecule has 6 rings (SSSR count). The van der Waals surface area contributed by atoms with Crippen molar-refractivity contribution in [3.05, 3.63) is 89.2 Å². The molecule has 3 aliphatic rings. The first-order valence-electron chi connectivity index (χ1n) is 19.2. The number of isothiocyanates is 2. The van der Waals surface area contributed by atoms with Gasteiger partial charge in [-0.1, -0.05) is 36.8 Å². The van der Waals surface area contributed by atoms with E-state index >= 15 is 0 Å². The van der Waals surface area contributed by atoms with Crippen molar-refractivity contribution in [2.24, 2.45) is 21.8 Å². The molecule has 0 atom stereocenters. The van der Waals surface area contributed by atoms with Crippen LogP contribution in [0, 0.1) is 11.8 Å². The fraction of sp³-hybridized carbons (Fsp3) is 0.500. The molecule has 2 bridgehead atoms. The lowest BCUT2D eigenvalue weighted by Crippen LogP contribution is -2.45. The van der Waals surface area contributed by atoms with Crippen LogP contribution in [-0.2, 0) is 35.5 Å². The number of carbonyl (C=O) groups excluding carboxylic acids is 2. The van der Waals surface area contributed by atoms with Crippen LogP contribution in [0.5, 0.6) is 0 Å². The average Bonchev–Trinajstić information content (AvgIpc) is 3.16. The fourth-order valence-electron chi connectivity index (χ4n) is 7.98. The van der Waals surface area contributed by atoms with Gasteiger partial charge < -0.3 is 9.80 Å². The Bertz CT molecular complexity index is 1630. The zero-order valence-electron chi connectivity index (χ0n) is 30.7. The Morgan fingerprint density at radius 2 is 1.02 bits per heavy atom. The Labute approximate surface area is 325 Å². The molecule has 0 spiro atoms.